The smallest absolute Gasteiger partial charge is 0.0835 e. The molecule has 0 unspecified atom stereocenters. The first-order valence-electron chi connectivity index (χ1n) is 9.37. The topological polar surface area (TPSA) is 60.7 Å². The lowest BCUT2D eigenvalue weighted by atomic mass is 9.39. The second-order valence-electron chi connectivity index (χ2n) is 9.92. The molecule has 8 atom stereocenters. The predicted octanol–water partition coefficient (Wildman–Crippen LogP) is 2.89. The van der Waals surface area contributed by atoms with Crippen molar-refractivity contribution >= 4 is 0 Å². The summed E-state index contributed by atoms with van der Waals surface area (Å²) >= 11 is 0. The summed E-state index contributed by atoms with van der Waals surface area (Å²) in [7, 11) is 0. The molecule has 3 N–H and O–H groups in total. The van der Waals surface area contributed by atoms with E-state index in [0.717, 1.165) is 24.8 Å². The molecule has 4 aliphatic carbocycles. The summed E-state index contributed by atoms with van der Waals surface area (Å²) in [5.74, 6) is 0.554. The van der Waals surface area contributed by atoms with E-state index in [9.17, 15) is 15.3 Å². The van der Waals surface area contributed by atoms with E-state index in [-0.39, 0.29) is 22.7 Å². The van der Waals surface area contributed by atoms with E-state index in [4.69, 9.17) is 0 Å². The highest BCUT2D eigenvalue weighted by Gasteiger charge is 2.71. The van der Waals surface area contributed by atoms with Crippen LogP contribution in [0.15, 0.2) is 12.2 Å². The summed E-state index contributed by atoms with van der Waals surface area (Å²) in [4.78, 5) is 0. The van der Waals surface area contributed by atoms with E-state index in [1.807, 2.05) is 0 Å². The summed E-state index contributed by atoms with van der Waals surface area (Å²) in [5.41, 5.74) is 0.463. The minimum absolute atomic E-state index is 0.00301. The molecule has 0 amide bonds. The van der Waals surface area contributed by atoms with Crippen LogP contribution in [0.2, 0.25) is 0 Å². The van der Waals surface area contributed by atoms with Gasteiger partial charge in [-0.3, -0.25) is 0 Å². The Morgan fingerprint density at radius 1 is 1.04 bits per heavy atom. The lowest BCUT2D eigenvalue weighted by Crippen LogP contribution is -2.66. The number of aliphatic hydroxyl groups is 3. The lowest BCUT2D eigenvalue weighted by Gasteiger charge is -2.66. The highest BCUT2D eigenvalue weighted by molar-refractivity contribution is 5.30. The normalized spacial score (nSPS) is 57.7. The summed E-state index contributed by atoms with van der Waals surface area (Å²) < 4.78 is 0. The van der Waals surface area contributed by atoms with E-state index in [1.54, 1.807) is 0 Å². The van der Waals surface area contributed by atoms with Crippen molar-refractivity contribution in [2.75, 3.05) is 0 Å². The number of rotatable bonds is 0. The first kappa shape index (κ1) is 16.1. The molecule has 0 saturated heterocycles. The lowest BCUT2D eigenvalue weighted by molar-refractivity contribution is -0.245. The SMILES string of the molecule is C=C1[C@@H]2C[C@H](O)[C@H]3[C@]4(C)CCCC(C)(C)[C@H]4C[C@@H](O)[C@]3(C2)[C@H]1O. The third-order valence-electron chi connectivity index (χ3n) is 8.54. The van der Waals surface area contributed by atoms with Gasteiger partial charge < -0.3 is 15.3 Å². The average molecular weight is 320 g/mol. The molecule has 0 aromatic rings. The largest absolute Gasteiger partial charge is 0.393 e. The summed E-state index contributed by atoms with van der Waals surface area (Å²) in [5, 5.41) is 33.2. The monoisotopic (exact) mass is 320 g/mol. The summed E-state index contributed by atoms with van der Waals surface area (Å²) in [6, 6.07) is 0. The molecule has 2 bridgehead atoms. The van der Waals surface area contributed by atoms with Gasteiger partial charge in [0.15, 0.2) is 0 Å². The van der Waals surface area contributed by atoms with E-state index in [2.05, 4.69) is 27.4 Å². The van der Waals surface area contributed by atoms with Crippen LogP contribution in [-0.2, 0) is 0 Å². The Morgan fingerprint density at radius 3 is 2.43 bits per heavy atom. The minimum Gasteiger partial charge on any atom is -0.393 e. The van der Waals surface area contributed by atoms with Gasteiger partial charge in [-0.25, -0.2) is 0 Å². The summed E-state index contributed by atoms with van der Waals surface area (Å²) in [6.07, 6.45) is 4.10. The van der Waals surface area contributed by atoms with Crippen LogP contribution in [0.5, 0.6) is 0 Å². The van der Waals surface area contributed by atoms with Gasteiger partial charge in [0.05, 0.1) is 18.3 Å². The Hall–Kier alpha value is -0.380. The second-order valence-corrected chi connectivity index (χ2v) is 9.92. The zero-order chi connectivity index (χ0) is 16.8. The quantitative estimate of drug-likeness (QED) is 0.602. The number of hydrogen-bond donors (Lipinski definition) is 3. The van der Waals surface area contributed by atoms with Crippen molar-refractivity contribution < 1.29 is 15.3 Å². The molecule has 23 heavy (non-hydrogen) atoms. The fraction of sp³-hybridized carbons (Fsp3) is 0.900. The van der Waals surface area contributed by atoms with Gasteiger partial charge in [-0.15, -0.1) is 0 Å². The predicted molar refractivity (Wildman–Crippen MR) is 89.7 cm³/mol. The molecule has 4 aliphatic rings. The Bertz CT molecular complexity index is 541. The Balaban J connectivity index is 1.86. The first-order chi connectivity index (χ1) is 10.6. The molecule has 1 spiro atoms. The third-order valence-corrected chi connectivity index (χ3v) is 8.54. The molecule has 4 fully saturated rings. The molecule has 0 heterocycles. The number of aliphatic hydroxyl groups excluding tert-OH is 3. The van der Waals surface area contributed by atoms with Crippen LogP contribution in [0.1, 0.15) is 59.3 Å². The van der Waals surface area contributed by atoms with Gasteiger partial charge in [0.1, 0.15) is 0 Å². The van der Waals surface area contributed by atoms with Crippen LogP contribution >= 0.6 is 0 Å². The fourth-order valence-corrected chi connectivity index (χ4v) is 7.70. The molecule has 130 valence electrons. The summed E-state index contributed by atoms with van der Waals surface area (Å²) in [6.45, 7) is 11.1. The van der Waals surface area contributed by atoms with Gasteiger partial charge in [0.2, 0.25) is 0 Å². The van der Waals surface area contributed by atoms with Crippen molar-refractivity contribution in [3.63, 3.8) is 0 Å². The van der Waals surface area contributed by atoms with Crippen molar-refractivity contribution in [1.29, 1.82) is 0 Å². The van der Waals surface area contributed by atoms with Crippen LogP contribution in [0.4, 0.5) is 0 Å². The van der Waals surface area contributed by atoms with E-state index >= 15 is 0 Å². The van der Waals surface area contributed by atoms with Gasteiger partial charge in [-0.2, -0.15) is 0 Å². The van der Waals surface area contributed by atoms with Crippen molar-refractivity contribution in [2.24, 2.45) is 34.0 Å². The van der Waals surface area contributed by atoms with Crippen molar-refractivity contribution in [3.8, 4) is 0 Å². The molecule has 4 rings (SSSR count). The number of hydrogen-bond acceptors (Lipinski definition) is 3. The van der Waals surface area contributed by atoms with Gasteiger partial charge in [-0.1, -0.05) is 33.8 Å². The Labute approximate surface area is 139 Å². The third kappa shape index (κ3) is 1.77. The highest BCUT2D eigenvalue weighted by Crippen LogP contribution is 2.71. The van der Waals surface area contributed by atoms with Crippen molar-refractivity contribution in [3.05, 3.63) is 12.2 Å². The van der Waals surface area contributed by atoms with Gasteiger partial charge >= 0.3 is 0 Å². The van der Waals surface area contributed by atoms with Gasteiger partial charge in [0, 0.05) is 11.3 Å². The van der Waals surface area contributed by atoms with E-state index < -0.39 is 23.7 Å². The van der Waals surface area contributed by atoms with Crippen molar-refractivity contribution in [2.45, 2.75) is 77.6 Å². The van der Waals surface area contributed by atoms with Crippen LogP contribution in [0, 0.1) is 34.0 Å². The maximum Gasteiger partial charge on any atom is 0.0835 e. The van der Waals surface area contributed by atoms with Crippen LogP contribution in [0.3, 0.4) is 0 Å². The minimum atomic E-state index is -0.660. The molecule has 3 heteroatoms. The molecular weight excluding hydrogens is 288 g/mol. The van der Waals surface area contributed by atoms with Crippen molar-refractivity contribution in [1.82, 2.24) is 0 Å². The standard InChI is InChI=1S/C20H32O3/c1-11-12-8-13(21)16-19(4)7-5-6-18(2,3)14(19)9-15(22)20(16,10-12)17(11)23/h12-17,21-23H,1,5-10H2,2-4H3/t12-,13+,14-,15-,16+,17+,19-,20+/m1/s1. The second kappa shape index (κ2) is 4.62. The van der Waals surface area contributed by atoms with Crippen LogP contribution in [-0.4, -0.2) is 33.6 Å². The van der Waals surface area contributed by atoms with Crippen LogP contribution < -0.4 is 0 Å². The maximum absolute atomic E-state index is 11.2. The van der Waals surface area contributed by atoms with E-state index in [0.29, 0.717) is 12.3 Å². The number of fused-ring (bicyclic) bond motifs is 3. The van der Waals surface area contributed by atoms with Gasteiger partial charge in [-0.05, 0) is 60.3 Å². The Morgan fingerprint density at radius 2 is 1.74 bits per heavy atom. The zero-order valence-corrected chi connectivity index (χ0v) is 14.8. The highest BCUT2D eigenvalue weighted by atomic mass is 16.3. The molecule has 0 aromatic heterocycles. The van der Waals surface area contributed by atoms with Crippen LogP contribution in [0.25, 0.3) is 0 Å². The fourth-order valence-electron chi connectivity index (χ4n) is 7.70. The molecule has 0 radical (unpaired) electrons. The molecular formula is C20H32O3. The van der Waals surface area contributed by atoms with E-state index in [1.165, 1.54) is 12.8 Å². The first-order valence-corrected chi connectivity index (χ1v) is 9.37. The van der Waals surface area contributed by atoms with Gasteiger partial charge in [0.25, 0.3) is 0 Å². The zero-order valence-electron chi connectivity index (χ0n) is 14.8. The molecule has 3 nitrogen and oxygen atoms in total. The average Bonchev–Trinajstić information content (AvgIpc) is 2.64. The molecule has 0 aromatic carbocycles. The molecule has 0 aliphatic heterocycles. The maximum atomic E-state index is 11.2. The Kier molecular flexibility index (Phi) is 3.23. The molecule has 4 saturated carbocycles.